The SMILES string of the molecule is Cc1cn2nc(-c3c[nH]c4nc(N[C@H](C)C(F)(F)F)ncc34)ccc2n1. The predicted molar refractivity (Wildman–Crippen MR) is 89.7 cm³/mol. The Morgan fingerprint density at radius 2 is 2.04 bits per heavy atom. The number of halogens is 3. The van der Waals surface area contributed by atoms with Crippen molar-refractivity contribution in [2.45, 2.75) is 26.1 Å². The predicted octanol–water partition coefficient (Wildman–Crippen LogP) is 3.34. The van der Waals surface area contributed by atoms with Crippen LogP contribution in [0.5, 0.6) is 0 Å². The van der Waals surface area contributed by atoms with Crippen LogP contribution in [0.3, 0.4) is 0 Å². The van der Waals surface area contributed by atoms with E-state index in [1.54, 1.807) is 10.7 Å². The molecule has 0 unspecified atom stereocenters. The average Bonchev–Trinajstić information content (AvgIpc) is 3.14. The second-order valence-corrected chi connectivity index (χ2v) is 5.97. The van der Waals surface area contributed by atoms with Crippen molar-refractivity contribution in [3.8, 4) is 11.3 Å². The molecular formula is C16H14F3N7. The maximum absolute atomic E-state index is 12.7. The molecule has 134 valence electrons. The number of H-pyrrole nitrogens is 1. The number of imidazole rings is 1. The van der Waals surface area contributed by atoms with Gasteiger partial charge in [0.2, 0.25) is 5.95 Å². The van der Waals surface area contributed by atoms with E-state index in [0.717, 1.165) is 23.8 Å². The third-order valence-electron chi connectivity index (χ3n) is 3.99. The number of nitrogens with one attached hydrogen (secondary N) is 2. The van der Waals surface area contributed by atoms with E-state index in [-0.39, 0.29) is 5.95 Å². The number of aromatic amines is 1. The van der Waals surface area contributed by atoms with E-state index in [4.69, 9.17) is 0 Å². The number of hydrogen-bond donors (Lipinski definition) is 2. The summed E-state index contributed by atoms with van der Waals surface area (Å²) in [5, 5.41) is 7.43. The van der Waals surface area contributed by atoms with Gasteiger partial charge >= 0.3 is 6.18 Å². The van der Waals surface area contributed by atoms with Crippen molar-refractivity contribution in [2.75, 3.05) is 5.32 Å². The minimum atomic E-state index is -4.37. The molecule has 7 nitrogen and oxygen atoms in total. The molecule has 10 heteroatoms. The van der Waals surface area contributed by atoms with Crippen molar-refractivity contribution in [1.82, 2.24) is 29.5 Å². The molecule has 2 N–H and O–H groups in total. The topological polar surface area (TPSA) is 83.8 Å². The van der Waals surface area contributed by atoms with Crippen LogP contribution in [0.1, 0.15) is 12.6 Å². The Morgan fingerprint density at radius 1 is 1.23 bits per heavy atom. The summed E-state index contributed by atoms with van der Waals surface area (Å²) in [6, 6.07) is 1.92. The van der Waals surface area contributed by atoms with Crippen molar-refractivity contribution in [3.63, 3.8) is 0 Å². The standard InChI is InChI=1S/C16H14F3N7/c1-8-7-26-13(22-8)4-3-12(25-26)10-5-20-14-11(10)6-21-15(24-14)23-9(2)16(17,18)19/h3-7,9H,1-2H3,(H2,20,21,23,24)/t9-/m1/s1. The van der Waals surface area contributed by atoms with E-state index >= 15 is 0 Å². The van der Waals surface area contributed by atoms with Crippen LogP contribution in [0.2, 0.25) is 0 Å². The van der Waals surface area contributed by atoms with Gasteiger partial charge in [-0.3, -0.25) is 0 Å². The molecule has 4 aromatic heterocycles. The molecule has 26 heavy (non-hydrogen) atoms. The second-order valence-electron chi connectivity index (χ2n) is 5.97. The first-order chi connectivity index (χ1) is 12.3. The van der Waals surface area contributed by atoms with Crippen molar-refractivity contribution < 1.29 is 13.2 Å². The Bertz CT molecular complexity index is 1100. The van der Waals surface area contributed by atoms with Gasteiger partial charge in [0.1, 0.15) is 11.7 Å². The molecule has 4 aromatic rings. The fraction of sp³-hybridized carbons (Fsp3) is 0.250. The highest BCUT2D eigenvalue weighted by atomic mass is 19.4. The van der Waals surface area contributed by atoms with Gasteiger partial charge in [-0.2, -0.15) is 23.3 Å². The molecule has 0 spiro atoms. The summed E-state index contributed by atoms with van der Waals surface area (Å²) in [5.41, 5.74) is 3.44. The Kier molecular flexibility index (Phi) is 3.56. The van der Waals surface area contributed by atoms with Crippen LogP contribution in [0.4, 0.5) is 19.1 Å². The van der Waals surface area contributed by atoms with Crippen LogP contribution in [0.25, 0.3) is 27.9 Å². The number of aromatic nitrogens is 6. The van der Waals surface area contributed by atoms with Gasteiger partial charge in [-0.1, -0.05) is 0 Å². The third-order valence-corrected chi connectivity index (χ3v) is 3.99. The lowest BCUT2D eigenvalue weighted by Crippen LogP contribution is -2.33. The largest absolute Gasteiger partial charge is 0.408 e. The van der Waals surface area contributed by atoms with Gasteiger partial charge in [0.15, 0.2) is 5.65 Å². The molecule has 1 atom stereocenters. The molecule has 0 amide bonds. The molecule has 0 fully saturated rings. The lowest BCUT2D eigenvalue weighted by Gasteiger charge is -2.16. The quantitative estimate of drug-likeness (QED) is 0.585. The van der Waals surface area contributed by atoms with Crippen LogP contribution in [0, 0.1) is 6.92 Å². The first kappa shape index (κ1) is 16.3. The summed E-state index contributed by atoms with van der Waals surface area (Å²) in [4.78, 5) is 15.4. The van der Waals surface area contributed by atoms with Crippen LogP contribution < -0.4 is 5.32 Å². The van der Waals surface area contributed by atoms with Gasteiger partial charge < -0.3 is 10.3 Å². The van der Waals surface area contributed by atoms with E-state index < -0.39 is 12.2 Å². The molecular weight excluding hydrogens is 347 g/mol. The van der Waals surface area contributed by atoms with Crippen molar-refractivity contribution >= 4 is 22.6 Å². The highest BCUT2D eigenvalue weighted by molar-refractivity contribution is 5.92. The Balaban J connectivity index is 1.70. The number of nitrogens with zero attached hydrogens (tertiary/aromatic N) is 5. The number of aryl methyl sites for hydroxylation is 1. The normalized spacial score (nSPS) is 13.4. The zero-order chi connectivity index (χ0) is 18.5. The van der Waals surface area contributed by atoms with E-state index in [1.807, 2.05) is 25.3 Å². The Labute approximate surface area is 145 Å². The minimum Gasteiger partial charge on any atom is -0.345 e. The van der Waals surface area contributed by atoms with Crippen molar-refractivity contribution in [2.24, 2.45) is 0 Å². The van der Waals surface area contributed by atoms with E-state index in [1.165, 1.54) is 6.20 Å². The van der Waals surface area contributed by atoms with E-state index in [9.17, 15) is 13.2 Å². The van der Waals surface area contributed by atoms with Crippen LogP contribution in [0.15, 0.2) is 30.7 Å². The van der Waals surface area contributed by atoms with Gasteiger partial charge in [0.05, 0.1) is 17.6 Å². The molecule has 4 rings (SSSR count). The maximum atomic E-state index is 12.7. The smallest absolute Gasteiger partial charge is 0.345 e. The molecule has 0 aromatic carbocycles. The molecule has 0 aliphatic heterocycles. The van der Waals surface area contributed by atoms with Crippen molar-refractivity contribution in [3.05, 3.63) is 36.4 Å². The summed E-state index contributed by atoms with van der Waals surface area (Å²) in [6.07, 6.45) is 0.616. The number of alkyl halides is 3. The summed E-state index contributed by atoms with van der Waals surface area (Å²) >= 11 is 0. The van der Waals surface area contributed by atoms with Crippen LogP contribution in [-0.4, -0.2) is 41.8 Å². The summed E-state index contributed by atoms with van der Waals surface area (Å²) in [5.74, 6) is -0.0932. The number of rotatable bonds is 3. The molecule has 0 saturated heterocycles. The van der Waals surface area contributed by atoms with Gasteiger partial charge in [0, 0.05) is 23.3 Å². The number of anilines is 1. The zero-order valence-electron chi connectivity index (χ0n) is 13.8. The highest BCUT2D eigenvalue weighted by Gasteiger charge is 2.36. The van der Waals surface area contributed by atoms with E-state index in [0.29, 0.717) is 16.7 Å². The molecule has 0 saturated carbocycles. The Hall–Kier alpha value is -3.17. The van der Waals surface area contributed by atoms with Gasteiger partial charge in [-0.25, -0.2) is 14.5 Å². The fourth-order valence-electron chi connectivity index (χ4n) is 2.61. The van der Waals surface area contributed by atoms with Crippen molar-refractivity contribution in [1.29, 1.82) is 0 Å². The molecule has 4 heterocycles. The third kappa shape index (κ3) is 2.83. The lowest BCUT2D eigenvalue weighted by atomic mass is 10.2. The first-order valence-electron chi connectivity index (χ1n) is 7.82. The fourth-order valence-corrected chi connectivity index (χ4v) is 2.61. The average molecular weight is 361 g/mol. The van der Waals surface area contributed by atoms with E-state index in [2.05, 4.69) is 30.4 Å². The number of fused-ring (bicyclic) bond motifs is 2. The molecule has 0 bridgehead atoms. The zero-order valence-corrected chi connectivity index (χ0v) is 13.8. The second kappa shape index (κ2) is 5.68. The summed E-state index contributed by atoms with van der Waals surface area (Å²) in [7, 11) is 0. The lowest BCUT2D eigenvalue weighted by molar-refractivity contribution is -0.138. The molecule has 0 aliphatic rings. The first-order valence-corrected chi connectivity index (χ1v) is 7.82. The highest BCUT2D eigenvalue weighted by Crippen LogP contribution is 2.27. The minimum absolute atomic E-state index is 0.0932. The maximum Gasteiger partial charge on any atom is 0.408 e. The van der Waals surface area contributed by atoms with Gasteiger partial charge in [-0.15, -0.1) is 0 Å². The monoisotopic (exact) mass is 361 g/mol. The summed E-state index contributed by atoms with van der Waals surface area (Å²) < 4.78 is 39.7. The summed E-state index contributed by atoms with van der Waals surface area (Å²) in [6.45, 7) is 2.89. The van der Waals surface area contributed by atoms with Crippen LogP contribution >= 0.6 is 0 Å². The van der Waals surface area contributed by atoms with Gasteiger partial charge in [0.25, 0.3) is 0 Å². The molecule has 0 radical (unpaired) electrons. The number of hydrogen-bond acceptors (Lipinski definition) is 5. The molecule has 0 aliphatic carbocycles. The van der Waals surface area contributed by atoms with Gasteiger partial charge in [-0.05, 0) is 26.0 Å². The van der Waals surface area contributed by atoms with Crippen LogP contribution in [-0.2, 0) is 0 Å². The Morgan fingerprint density at radius 3 is 2.81 bits per heavy atom.